The third kappa shape index (κ3) is 4.38. The van der Waals surface area contributed by atoms with E-state index >= 15 is 0 Å². The van der Waals surface area contributed by atoms with Gasteiger partial charge in [0, 0.05) is 11.3 Å². The number of hydrogen-bond donors (Lipinski definition) is 1. The number of benzene rings is 2. The van der Waals surface area contributed by atoms with Gasteiger partial charge >= 0.3 is 0 Å². The Morgan fingerprint density at radius 3 is 2.54 bits per heavy atom. The summed E-state index contributed by atoms with van der Waals surface area (Å²) in [6, 6.07) is 14.8. The van der Waals surface area contributed by atoms with Crippen molar-refractivity contribution in [3.63, 3.8) is 0 Å². The van der Waals surface area contributed by atoms with Gasteiger partial charge in [-0.05, 0) is 57.9 Å². The highest BCUT2D eigenvalue weighted by molar-refractivity contribution is 9.10. The van der Waals surface area contributed by atoms with Crippen molar-refractivity contribution in [3.05, 3.63) is 68.4 Å². The quantitative estimate of drug-likeness (QED) is 0.436. The molecule has 0 atom stereocenters. The fraction of sp³-hybridized carbons (Fsp3) is 0.150. The van der Waals surface area contributed by atoms with Crippen molar-refractivity contribution in [1.82, 2.24) is 9.97 Å². The summed E-state index contributed by atoms with van der Waals surface area (Å²) in [4.78, 5) is 19.5. The second kappa shape index (κ2) is 8.95. The van der Waals surface area contributed by atoms with Crippen LogP contribution in [0.4, 0.5) is 0 Å². The van der Waals surface area contributed by atoms with Crippen molar-refractivity contribution in [2.75, 3.05) is 14.2 Å². The highest BCUT2D eigenvalue weighted by atomic mass is 79.9. The number of ether oxygens (including phenoxy) is 2. The largest absolute Gasteiger partial charge is 0.497 e. The van der Waals surface area contributed by atoms with Crippen molar-refractivity contribution >= 4 is 27.7 Å². The molecule has 6 nitrogen and oxygen atoms in total. The molecule has 1 aromatic heterocycles. The Labute approximate surface area is 174 Å². The normalized spacial score (nSPS) is 10.4. The van der Waals surface area contributed by atoms with Crippen LogP contribution in [-0.2, 0) is 5.75 Å². The molecule has 3 aromatic rings. The highest BCUT2D eigenvalue weighted by Gasteiger charge is 2.14. The Morgan fingerprint density at radius 2 is 1.93 bits per heavy atom. The molecule has 1 heterocycles. The predicted octanol–water partition coefficient (Wildman–Crippen LogP) is 4.38. The number of nitriles is 1. The fourth-order valence-electron chi connectivity index (χ4n) is 2.53. The summed E-state index contributed by atoms with van der Waals surface area (Å²) in [5, 5.41) is 9.83. The topological polar surface area (TPSA) is 88.0 Å². The Hall–Kier alpha value is -2.76. The molecule has 0 saturated heterocycles. The minimum Gasteiger partial charge on any atom is -0.497 e. The van der Waals surface area contributed by atoms with Crippen molar-refractivity contribution in [1.29, 1.82) is 5.26 Å². The molecule has 0 spiro atoms. The van der Waals surface area contributed by atoms with Gasteiger partial charge in [-0.1, -0.05) is 17.8 Å². The average Bonchev–Trinajstić information content (AvgIpc) is 2.72. The maximum absolute atomic E-state index is 12.4. The molecule has 0 fully saturated rings. The number of H-pyrrole nitrogens is 1. The van der Waals surface area contributed by atoms with Gasteiger partial charge in [-0.3, -0.25) is 4.79 Å². The summed E-state index contributed by atoms with van der Waals surface area (Å²) in [7, 11) is 3.19. The van der Waals surface area contributed by atoms with Crippen LogP contribution in [0.1, 0.15) is 11.1 Å². The van der Waals surface area contributed by atoms with Gasteiger partial charge in [-0.25, -0.2) is 4.98 Å². The number of thioether (sulfide) groups is 1. The number of aromatic nitrogens is 2. The van der Waals surface area contributed by atoms with E-state index in [0.29, 0.717) is 27.9 Å². The van der Waals surface area contributed by atoms with E-state index < -0.39 is 5.56 Å². The van der Waals surface area contributed by atoms with Crippen LogP contribution in [0.2, 0.25) is 0 Å². The van der Waals surface area contributed by atoms with E-state index in [1.807, 2.05) is 24.3 Å². The van der Waals surface area contributed by atoms with Gasteiger partial charge in [0.15, 0.2) is 5.16 Å². The first-order chi connectivity index (χ1) is 13.5. The van der Waals surface area contributed by atoms with E-state index in [4.69, 9.17) is 9.47 Å². The summed E-state index contributed by atoms with van der Waals surface area (Å²) >= 11 is 4.85. The Bertz CT molecular complexity index is 1090. The van der Waals surface area contributed by atoms with Gasteiger partial charge in [0.05, 0.1) is 24.4 Å². The lowest BCUT2D eigenvalue weighted by molar-refractivity contribution is 0.412. The van der Waals surface area contributed by atoms with Crippen LogP contribution in [-0.4, -0.2) is 24.2 Å². The van der Waals surface area contributed by atoms with Crippen LogP contribution in [0.5, 0.6) is 11.5 Å². The lowest BCUT2D eigenvalue weighted by Gasteiger charge is -2.08. The molecule has 8 heteroatoms. The van der Waals surface area contributed by atoms with E-state index in [9.17, 15) is 10.1 Å². The van der Waals surface area contributed by atoms with Gasteiger partial charge in [-0.15, -0.1) is 0 Å². The molecule has 2 aromatic carbocycles. The molecule has 0 aliphatic carbocycles. The van der Waals surface area contributed by atoms with E-state index in [-0.39, 0.29) is 5.56 Å². The molecule has 3 rings (SSSR count). The van der Waals surface area contributed by atoms with E-state index in [1.165, 1.54) is 11.8 Å². The monoisotopic (exact) mass is 457 g/mol. The molecule has 0 saturated carbocycles. The van der Waals surface area contributed by atoms with Gasteiger partial charge in [0.25, 0.3) is 5.56 Å². The van der Waals surface area contributed by atoms with Crippen LogP contribution in [0, 0.1) is 11.3 Å². The zero-order valence-electron chi connectivity index (χ0n) is 15.2. The molecule has 0 radical (unpaired) electrons. The number of hydrogen-bond acceptors (Lipinski definition) is 6. The van der Waals surface area contributed by atoms with Crippen LogP contribution < -0.4 is 15.0 Å². The fourth-order valence-corrected chi connectivity index (χ4v) is 3.93. The maximum atomic E-state index is 12.4. The van der Waals surface area contributed by atoms with E-state index in [1.54, 1.807) is 38.5 Å². The molecule has 1 N–H and O–H groups in total. The lowest BCUT2D eigenvalue weighted by atomic mass is 10.1. The number of rotatable bonds is 6. The van der Waals surface area contributed by atoms with Gasteiger partial charge < -0.3 is 14.5 Å². The van der Waals surface area contributed by atoms with Crippen LogP contribution >= 0.6 is 27.7 Å². The summed E-state index contributed by atoms with van der Waals surface area (Å²) < 4.78 is 11.2. The number of halogens is 1. The summed E-state index contributed by atoms with van der Waals surface area (Å²) in [6.45, 7) is 0. The van der Waals surface area contributed by atoms with Crippen LogP contribution in [0.15, 0.2) is 56.9 Å². The molecular weight excluding hydrogens is 442 g/mol. The Morgan fingerprint density at radius 1 is 1.18 bits per heavy atom. The standard InChI is InChI=1S/C20H16BrN3O3S/c1-26-14-6-4-13(5-7-14)18-15(10-22)19(25)24-20(23-18)28-11-12-3-8-17(27-2)16(21)9-12/h3-9H,11H2,1-2H3,(H,23,24,25). The van der Waals surface area contributed by atoms with Crippen molar-refractivity contribution in [2.45, 2.75) is 10.9 Å². The Balaban J connectivity index is 1.90. The van der Waals surface area contributed by atoms with Gasteiger partial charge in [0.2, 0.25) is 0 Å². The summed E-state index contributed by atoms with van der Waals surface area (Å²) in [5.41, 5.74) is 1.60. The second-order valence-corrected chi connectivity index (χ2v) is 7.51. The third-order valence-corrected chi connectivity index (χ3v) is 5.53. The minimum atomic E-state index is -0.457. The molecule has 0 bridgehead atoms. The molecule has 0 unspecified atom stereocenters. The van der Waals surface area contributed by atoms with Crippen LogP contribution in [0.3, 0.4) is 0 Å². The first-order valence-corrected chi connectivity index (χ1v) is 9.97. The number of nitrogens with zero attached hydrogens (tertiary/aromatic N) is 2. The molecule has 0 aliphatic rings. The van der Waals surface area contributed by atoms with Gasteiger partial charge in [-0.2, -0.15) is 5.26 Å². The average molecular weight is 458 g/mol. The molecule has 0 amide bonds. The molecular formula is C20H16BrN3O3S. The summed E-state index contributed by atoms with van der Waals surface area (Å²) in [6.07, 6.45) is 0. The third-order valence-electron chi connectivity index (χ3n) is 3.96. The smallest absolute Gasteiger partial charge is 0.270 e. The number of methoxy groups -OCH3 is 2. The van der Waals surface area contributed by atoms with Crippen LogP contribution in [0.25, 0.3) is 11.3 Å². The van der Waals surface area contributed by atoms with E-state index in [0.717, 1.165) is 15.8 Å². The zero-order chi connectivity index (χ0) is 20.1. The lowest BCUT2D eigenvalue weighted by Crippen LogP contribution is -2.14. The summed E-state index contributed by atoms with van der Waals surface area (Å²) in [5.74, 6) is 2.03. The van der Waals surface area contributed by atoms with Crippen molar-refractivity contribution in [3.8, 4) is 28.8 Å². The predicted molar refractivity (Wildman–Crippen MR) is 112 cm³/mol. The molecule has 142 valence electrons. The van der Waals surface area contributed by atoms with E-state index in [2.05, 4.69) is 25.9 Å². The SMILES string of the molecule is COc1ccc(-c2nc(SCc3ccc(OC)c(Br)c3)[nH]c(=O)c2C#N)cc1. The number of nitrogens with one attached hydrogen (secondary N) is 1. The molecule has 28 heavy (non-hydrogen) atoms. The zero-order valence-corrected chi connectivity index (χ0v) is 17.6. The van der Waals surface area contributed by atoms with Gasteiger partial charge in [0.1, 0.15) is 23.1 Å². The second-order valence-electron chi connectivity index (χ2n) is 5.69. The molecule has 0 aliphatic heterocycles. The Kier molecular flexibility index (Phi) is 6.39. The minimum absolute atomic E-state index is 0.0123. The first-order valence-electron chi connectivity index (χ1n) is 8.19. The number of aromatic amines is 1. The first kappa shape index (κ1) is 20.0. The highest BCUT2D eigenvalue weighted by Crippen LogP contribution is 2.29. The maximum Gasteiger partial charge on any atom is 0.270 e. The van der Waals surface area contributed by atoms with Crippen molar-refractivity contribution in [2.24, 2.45) is 0 Å². The van der Waals surface area contributed by atoms with Crippen molar-refractivity contribution < 1.29 is 9.47 Å².